The number of nitrogens with one attached hydrogen (secondary N) is 2. The molecule has 0 saturated carbocycles. The third-order valence-electron chi connectivity index (χ3n) is 4.92. The minimum absolute atomic E-state index is 0. The van der Waals surface area contributed by atoms with E-state index < -0.39 is 5.76 Å². The molecule has 1 aliphatic rings. The number of aromatic amines is 1. The van der Waals surface area contributed by atoms with Crippen LogP contribution in [-0.4, -0.2) is 36.4 Å². The summed E-state index contributed by atoms with van der Waals surface area (Å²) < 4.78 is 16.7. The van der Waals surface area contributed by atoms with E-state index in [2.05, 4.69) is 20.0 Å². The minimum atomic E-state index is -0.583. The van der Waals surface area contributed by atoms with Gasteiger partial charge in [0.05, 0.1) is 36.0 Å². The number of rotatable bonds is 6. The largest absolute Gasteiger partial charge is 0.439 e. The Kier molecular flexibility index (Phi) is 8.54. The summed E-state index contributed by atoms with van der Waals surface area (Å²) in [6.07, 6.45) is -0.138. The first-order chi connectivity index (χ1) is 14.6. The molecule has 0 unspecified atom stereocenters. The lowest BCUT2D eigenvalue weighted by molar-refractivity contribution is -0.0115. The van der Waals surface area contributed by atoms with Crippen LogP contribution in [0.25, 0.3) is 11.4 Å². The van der Waals surface area contributed by atoms with Crippen LogP contribution in [0.5, 0.6) is 0 Å². The van der Waals surface area contributed by atoms with Crippen molar-refractivity contribution in [1.29, 1.82) is 0 Å². The van der Waals surface area contributed by atoms with Crippen molar-refractivity contribution in [1.82, 2.24) is 15.5 Å². The molecule has 2 N–H and O–H groups in total. The Balaban J connectivity index is 0.00000272. The van der Waals surface area contributed by atoms with E-state index in [0.29, 0.717) is 35.7 Å². The van der Waals surface area contributed by atoms with Gasteiger partial charge in [-0.1, -0.05) is 52.6 Å². The quantitative estimate of drug-likeness (QED) is 0.541. The Bertz CT molecular complexity index is 1060. The number of nitrogens with zero attached hydrogens (tertiary/aromatic N) is 1. The summed E-state index contributed by atoms with van der Waals surface area (Å²) in [5.41, 5.74) is 2.71. The number of hydrogen-bond acceptors (Lipinski definition) is 6. The van der Waals surface area contributed by atoms with Gasteiger partial charge < -0.3 is 14.8 Å². The molecule has 1 saturated heterocycles. The maximum absolute atomic E-state index is 11.2. The molecule has 2 heterocycles. The van der Waals surface area contributed by atoms with Gasteiger partial charge in [-0.3, -0.25) is 9.51 Å². The maximum atomic E-state index is 11.2. The van der Waals surface area contributed by atoms with E-state index in [4.69, 9.17) is 32.7 Å². The average molecular weight is 487 g/mol. The molecule has 7 nitrogen and oxygen atoms in total. The number of halogens is 3. The lowest BCUT2D eigenvalue weighted by Gasteiger charge is -2.25. The Morgan fingerprint density at radius 3 is 2.81 bits per heavy atom. The zero-order valence-electron chi connectivity index (χ0n) is 16.5. The maximum Gasteiger partial charge on any atom is 0.439 e. The minimum Gasteiger partial charge on any atom is -0.376 e. The first kappa shape index (κ1) is 23.8. The molecule has 0 radical (unpaired) electrons. The molecule has 1 fully saturated rings. The van der Waals surface area contributed by atoms with Crippen LogP contribution in [0.1, 0.15) is 17.2 Å². The highest BCUT2D eigenvalue weighted by Crippen LogP contribution is 2.32. The van der Waals surface area contributed by atoms with Crippen LogP contribution >= 0.6 is 35.6 Å². The molecule has 10 heteroatoms. The zero-order valence-corrected chi connectivity index (χ0v) is 18.8. The fraction of sp³-hybridized carbons (Fsp3) is 0.333. The fourth-order valence-electron chi connectivity index (χ4n) is 3.48. The molecular weight excluding hydrogens is 465 g/mol. The molecule has 166 valence electrons. The number of hydrogen-bond donors (Lipinski definition) is 2. The Hall–Kier alpha value is -1.87. The molecule has 1 aromatic heterocycles. The predicted octanol–water partition coefficient (Wildman–Crippen LogP) is 4.25. The predicted molar refractivity (Wildman–Crippen MR) is 121 cm³/mol. The van der Waals surface area contributed by atoms with E-state index in [0.717, 1.165) is 29.8 Å². The fourth-order valence-corrected chi connectivity index (χ4v) is 3.79. The molecule has 31 heavy (non-hydrogen) atoms. The van der Waals surface area contributed by atoms with Gasteiger partial charge >= 0.3 is 5.76 Å². The summed E-state index contributed by atoms with van der Waals surface area (Å²) in [5, 5.41) is 8.14. The lowest BCUT2D eigenvalue weighted by atomic mass is 9.96. The number of H-pyrrole nitrogens is 1. The van der Waals surface area contributed by atoms with E-state index in [1.54, 1.807) is 6.07 Å². The monoisotopic (exact) mass is 485 g/mol. The van der Waals surface area contributed by atoms with Gasteiger partial charge in [0.2, 0.25) is 0 Å². The summed E-state index contributed by atoms with van der Waals surface area (Å²) in [5.74, 6) is -0.0800. The molecule has 0 amide bonds. The lowest BCUT2D eigenvalue weighted by Crippen LogP contribution is -2.28. The summed E-state index contributed by atoms with van der Waals surface area (Å²) in [6, 6.07) is 13.2. The van der Waals surface area contributed by atoms with Gasteiger partial charge in [-0.15, -0.1) is 12.4 Å². The highest BCUT2D eigenvalue weighted by atomic mass is 35.5. The van der Waals surface area contributed by atoms with Crippen LogP contribution in [0.3, 0.4) is 0 Å². The van der Waals surface area contributed by atoms with Crippen LogP contribution in [0.2, 0.25) is 10.0 Å². The number of aromatic nitrogens is 2. The number of ether oxygens (including phenoxy) is 2. The van der Waals surface area contributed by atoms with Crippen molar-refractivity contribution < 1.29 is 14.0 Å². The van der Waals surface area contributed by atoms with Crippen molar-refractivity contribution in [2.45, 2.75) is 12.7 Å². The molecule has 0 bridgehead atoms. The molecule has 2 atom stereocenters. The summed E-state index contributed by atoms with van der Waals surface area (Å²) in [6.45, 7) is 3.08. The Labute approximate surface area is 195 Å². The van der Waals surface area contributed by atoms with Crippen LogP contribution in [0, 0.1) is 5.92 Å². The first-order valence-corrected chi connectivity index (χ1v) is 10.4. The molecule has 0 spiro atoms. The van der Waals surface area contributed by atoms with Crippen molar-refractivity contribution in [2.75, 3.05) is 26.3 Å². The smallest absolute Gasteiger partial charge is 0.376 e. The average Bonchev–Trinajstić information content (AvgIpc) is 3.05. The van der Waals surface area contributed by atoms with Crippen LogP contribution in [-0.2, 0) is 16.1 Å². The molecular formula is C21H22Cl3N3O4. The Morgan fingerprint density at radius 1 is 1.16 bits per heavy atom. The van der Waals surface area contributed by atoms with Gasteiger partial charge in [-0.25, -0.2) is 4.79 Å². The van der Waals surface area contributed by atoms with Gasteiger partial charge in [0.25, 0.3) is 0 Å². The highest BCUT2D eigenvalue weighted by molar-refractivity contribution is 6.42. The second-order valence-corrected chi connectivity index (χ2v) is 7.90. The molecule has 0 aliphatic carbocycles. The third-order valence-corrected chi connectivity index (χ3v) is 5.66. The second kappa shape index (κ2) is 11.1. The van der Waals surface area contributed by atoms with E-state index in [1.807, 2.05) is 36.4 Å². The van der Waals surface area contributed by atoms with Crippen molar-refractivity contribution in [3.05, 3.63) is 74.2 Å². The zero-order chi connectivity index (χ0) is 20.9. The van der Waals surface area contributed by atoms with E-state index in [9.17, 15) is 4.79 Å². The Morgan fingerprint density at radius 2 is 2.03 bits per heavy atom. The molecule has 4 rings (SSSR count). The van der Waals surface area contributed by atoms with Crippen LogP contribution in [0.4, 0.5) is 0 Å². The van der Waals surface area contributed by atoms with Crippen molar-refractivity contribution in [3.63, 3.8) is 0 Å². The molecule has 1 aliphatic heterocycles. The van der Waals surface area contributed by atoms with Crippen molar-refractivity contribution in [2.24, 2.45) is 5.92 Å². The summed E-state index contributed by atoms with van der Waals surface area (Å²) in [7, 11) is 0. The van der Waals surface area contributed by atoms with Gasteiger partial charge in [0.15, 0.2) is 5.82 Å². The normalized spacial score (nSPS) is 18.9. The first-order valence-electron chi connectivity index (χ1n) is 9.60. The van der Waals surface area contributed by atoms with Crippen LogP contribution < -0.4 is 11.1 Å². The van der Waals surface area contributed by atoms with E-state index in [1.165, 1.54) is 0 Å². The number of benzene rings is 2. The van der Waals surface area contributed by atoms with Crippen molar-refractivity contribution >= 4 is 35.6 Å². The van der Waals surface area contributed by atoms with Gasteiger partial charge in [-0.2, -0.15) is 0 Å². The van der Waals surface area contributed by atoms with E-state index in [-0.39, 0.29) is 24.4 Å². The second-order valence-electron chi connectivity index (χ2n) is 7.09. The topological polar surface area (TPSA) is 89.4 Å². The van der Waals surface area contributed by atoms with Gasteiger partial charge in [-0.05, 0) is 29.3 Å². The van der Waals surface area contributed by atoms with Crippen molar-refractivity contribution in [3.8, 4) is 11.4 Å². The third kappa shape index (κ3) is 6.10. The SMILES string of the molecule is Cl.O=c1[nH]c(-c2cccc(COC[C@@H]3CNCCO[C@H]3c3ccc(Cl)c(Cl)c3)c2)no1. The summed E-state index contributed by atoms with van der Waals surface area (Å²) in [4.78, 5) is 13.7. The summed E-state index contributed by atoms with van der Waals surface area (Å²) >= 11 is 12.3. The van der Waals surface area contributed by atoms with Gasteiger partial charge in [0, 0.05) is 24.6 Å². The van der Waals surface area contributed by atoms with Crippen LogP contribution in [0.15, 0.2) is 51.8 Å². The standard InChI is InChI=1S/C21H21Cl2N3O4.ClH/c22-17-5-4-14(9-18(17)23)19-16(10-24-6-7-29-19)12-28-11-13-2-1-3-15(8-13)20-25-21(27)30-26-20;/h1-5,8-9,16,19,24H,6-7,10-12H2,(H,25,26,27);1H/t16-,19-;/m0./s1. The van der Waals surface area contributed by atoms with Gasteiger partial charge in [0.1, 0.15) is 0 Å². The molecule has 2 aromatic carbocycles. The van der Waals surface area contributed by atoms with E-state index >= 15 is 0 Å². The highest BCUT2D eigenvalue weighted by Gasteiger charge is 2.27. The molecule has 3 aromatic rings.